The molecule has 0 aliphatic carbocycles. The minimum absolute atomic E-state index is 0.0298. The zero-order valence-corrected chi connectivity index (χ0v) is 10.2. The highest BCUT2D eigenvalue weighted by molar-refractivity contribution is 8.00. The van der Waals surface area contributed by atoms with Gasteiger partial charge in [0, 0.05) is 15.7 Å². The summed E-state index contributed by atoms with van der Waals surface area (Å²) in [6, 6.07) is 5.31. The van der Waals surface area contributed by atoms with E-state index in [1.165, 1.54) is 11.8 Å². The molecule has 82 valence electrons. The molecule has 2 nitrogen and oxygen atoms in total. The first kappa shape index (κ1) is 12.6. The van der Waals surface area contributed by atoms with Crippen molar-refractivity contribution in [3.8, 4) is 0 Å². The molecule has 1 rings (SSSR count). The summed E-state index contributed by atoms with van der Waals surface area (Å²) in [7, 11) is 0. The molecule has 0 saturated heterocycles. The summed E-state index contributed by atoms with van der Waals surface area (Å²) < 4.78 is 0. The van der Waals surface area contributed by atoms with Crippen molar-refractivity contribution in [3.05, 3.63) is 28.8 Å². The fourth-order valence-electron chi connectivity index (χ4n) is 1.03. The number of aliphatic hydroxyl groups is 1. The van der Waals surface area contributed by atoms with Crippen LogP contribution in [0.1, 0.15) is 24.2 Å². The number of carbonyl (C=O) groups excluding carboxylic acids is 1. The van der Waals surface area contributed by atoms with Gasteiger partial charge >= 0.3 is 0 Å². The van der Waals surface area contributed by atoms with Crippen LogP contribution in [-0.4, -0.2) is 22.7 Å². The molecule has 1 N–H and O–H groups in total. The maximum Gasteiger partial charge on any atom is 0.152 e. The Morgan fingerprint density at radius 2 is 2.13 bits per heavy atom. The van der Waals surface area contributed by atoms with Gasteiger partial charge in [-0.15, -0.1) is 11.8 Å². The molecule has 0 fully saturated rings. The summed E-state index contributed by atoms with van der Waals surface area (Å²) in [4.78, 5) is 11.7. The topological polar surface area (TPSA) is 37.3 Å². The number of thioether (sulfide) groups is 1. The third-order valence-corrected chi connectivity index (χ3v) is 3.83. The highest BCUT2D eigenvalue weighted by atomic mass is 35.5. The van der Waals surface area contributed by atoms with E-state index in [0.717, 1.165) is 11.2 Å². The van der Waals surface area contributed by atoms with E-state index in [9.17, 15) is 9.90 Å². The predicted molar refractivity (Wildman–Crippen MR) is 63.8 cm³/mol. The van der Waals surface area contributed by atoms with Crippen molar-refractivity contribution in [2.45, 2.75) is 30.1 Å². The third kappa shape index (κ3) is 3.23. The van der Waals surface area contributed by atoms with Gasteiger partial charge in [-0.3, -0.25) is 4.79 Å². The fourth-order valence-corrected chi connectivity index (χ4v) is 2.35. The van der Waals surface area contributed by atoms with E-state index in [-0.39, 0.29) is 5.25 Å². The monoisotopic (exact) mass is 244 g/mol. The molecular formula is C11H13ClO2S. The molecule has 0 amide bonds. The second kappa shape index (κ2) is 5.54. The molecule has 0 spiro atoms. The lowest BCUT2D eigenvalue weighted by Gasteiger charge is -2.15. The lowest BCUT2D eigenvalue weighted by atomic mass is 10.2. The Kier molecular flexibility index (Phi) is 4.64. The number of benzene rings is 1. The fraction of sp³-hybridized carbons (Fsp3) is 0.364. The molecule has 0 aliphatic heterocycles. The lowest BCUT2D eigenvalue weighted by Crippen LogP contribution is -2.15. The maximum atomic E-state index is 10.8. The molecule has 4 heteroatoms. The first-order valence-electron chi connectivity index (χ1n) is 4.64. The van der Waals surface area contributed by atoms with Gasteiger partial charge in [-0.25, -0.2) is 0 Å². The Balaban J connectivity index is 2.94. The zero-order chi connectivity index (χ0) is 11.4. The number of halogens is 1. The molecule has 0 bridgehead atoms. The highest BCUT2D eigenvalue weighted by Crippen LogP contribution is 2.31. The van der Waals surface area contributed by atoms with Crippen molar-refractivity contribution in [2.75, 3.05) is 0 Å². The van der Waals surface area contributed by atoms with Crippen LogP contribution in [0, 0.1) is 0 Å². The SMILES string of the molecule is CC(O)C(C)Sc1cccc(Cl)c1C=O. The average Bonchev–Trinajstić information content (AvgIpc) is 2.18. The Bertz CT molecular complexity index is 352. The van der Waals surface area contributed by atoms with Crippen molar-refractivity contribution < 1.29 is 9.90 Å². The van der Waals surface area contributed by atoms with Crippen LogP contribution >= 0.6 is 23.4 Å². The van der Waals surface area contributed by atoms with Crippen LogP contribution in [0.2, 0.25) is 5.02 Å². The molecular weight excluding hydrogens is 232 g/mol. The molecule has 0 radical (unpaired) electrons. The van der Waals surface area contributed by atoms with Gasteiger partial charge in [-0.05, 0) is 19.1 Å². The highest BCUT2D eigenvalue weighted by Gasteiger charge is 2.14. The van der Waals surface area contributed by atoms with Crippen LogP contribution in [0.25, 0.3) is 0 Å². The van der Waals surface area contributed by atoms with Crippen LogP contribution in [0.15, 0.2) is 23.1 Å². The minimum atomic E-state index is -0.423. The van der Waals surface area contributed by atoms with Gasteiger partial charge in [-0.1, -0.05) is 24.6 Å². The molecule has 0 aromatic heterocycles. The van der Waals surface area contributed by atoms with E-state index < -0.39 is 6.10 Å². The molecule has 1 aromatic rings. The molecule has 0 heterocycles. The second-order valence-corrected chi connectivity index (χ2v) is 5.16. The summed E-state index contributed by atoms with van der Waals surface area (Å²) in [5, 5.41) is 9.85. The van der Waals surface area contributed by atoms with Gasteiger partial charge in [-0.2, -0.15) is 0 Å². The largest absolute Gasteiger partial charge is 0.392 e. The summed E-state index contributed by atoms with van der Waals surface area (Å²) >= 11 is 7.34. The van der Waals surface area contributed by atoms with Gasteiger partial charge in [0.15, 0.2) is 6.29 Å². The summed E-state index contributed by atoms with van der Waals surface area (Å²) in [5.74, 6) is 0. The van der Waals surface area contributed by atoms with E-state index in [1.54, 1.807) is 19.1 Å². The van der Waals surface area contributed by atoms with Crippen molar-refractivity contribution in [1.82, 2.24) is 0 Å². The summed E-state index contributed by atoms with van der Waals surface area (Å²) in [5.41, 5.74) is 0.497. The van der Waals surface area contributed by atoms with Gasteiger partial charge in [0.05, 0.1) is 11.1 Å². The van der Waals surface area contributed by atoms with Crippen molar-refractivity contribution in [1.29, 1.82) is 0 Å². The van der Waals surface area contributed by atoms with Crippen LogP contribution in [0.3, 0.4) is 0 Å². The standard InChI is InChI=1S/C11H13ClO2S/c1-7(14)8(2)15-11-5-3-4-10(12)9(11)6-13/h3-8,14H,1-2H3. The normalized spacial score (nSPS) is 14.7. The van der Waals surface area contributed by atoms with Crippen molar-refractivity contribution >= 4 is 29.6 Å². The van der Waals surface area contributed by atoms with Gasteiger partial charge in [0.1, 0.15) is 0 Å². The lowest BCUT2D eigenvalue weighted by molar-refractivity contribution is 0.112. The molecule has 2 unspecified atom stereocenters. The number of aliphatic hydroxyl groups excluding tert-OH is 1. The number of aldehydes is 1. The zero-order valence-electron chi connectivity index (χ0n) is 8.61. The smallest absolute Gasteiger partial charge is 0.152 e. The van der Waals surface area contributed by atoms with Crippen molar-refractivity contribution in [2.24, 2.45) is 0 Å². The van der Waals surface area contributed by atoms with E-state index in [0.29, 0.717) is 10.6 Å². The Labute approximate surface area is 98.6 Å². The number of carbonyl (C=O) groups is 1. The number of hydrogen-bond donors (Lipinski definition) is 1. The minimum Gasteiger partial charge on any atom is -0.392 e. The third-order valence-electron chi connectivity index (χ3n) is 2.12. The maximum absolute atomic E-state index is 10.8. The number of hydrogen-bond acceptors (Lipinski definition) is 3. The summed E-state index contributed by atoms with van der Waals surface area (Å²) in [6.07, 6.45) is 0.327. The number of rotatable bonds is 4. The first-order valence-corrected chi connectivity index (χ1v) is 5.90. The van der Waals surface area contributed by atoms with E-state index in [2.05, 4.69) is 0 Å². The van der Waals surface area contributed by atoms with Crippen LogP contribution in [-0.2, 0) is 0 Å². The molecule has 0 saturated carbocycles. The molecule has 2 atom stereocenters. The first-order chi connectivity index (χ1) is 7.06. The Hall–Kier alpha value is -0.510. The van der Waals surface area contributed by atoms with Crippen LogP contribution in [0.5, 0.6) is 0 Å². The van der Waals surface area contributed by atoms with Crippen molar-refractivity contribution in [3.63, 3.8) is 0 Å². The molecule has 15 heavy (non-hydrogen) atoms. The summed E-state index contributed by atoms with van der Waals surface area (Å²) in [6.45, 7) is 3.63. The van der Waals surface area contributed by atoms with E-state index in [4.69, 9.17) is 11.6 Å². The molecule has 1 aromatic carbocycles. The second-order valence-electron chi connectivity index (χ2n) is 3.33. The average molecular weight is 245 g/mol. The quantitative estimate of drug-likeness (QED) is 0.654. The van der Waals surface area contributed by atoms with Crippen LogP contribution in [0.4, 0.5) is 0 Å². The van der Waals surface area contributed by atoms with E-state index in [1.807, 2.05) is 13.0 Å². The van der Waals surface area contributed by atoms with Crippen LogP contribution < -0.4 is 0 Å². The Morgan fingerprint density at radius 3 is 2.67 bits per heavy atom. The Morgan fingerprint density at radius 1 is 1.47 bits per heavy atom. The van der Waals surface area contributed by atoms with E-state index >= 15 is 0 Å². The van der Waals surface area contributed by atoms with Gasteiger partial charge in [0.2, 0.25) is 0 Å². The molecule has 0 aliphatic rings. The predicted octanol–water partition coefficient (Wildman–Crippen LogP) is 3.01. The van der Waals surface area contributed by atoms with Gasteiger partial charge < -0.3 is 5.11 Å². The van der Waals surface area contributed by atoms with Gasteiger partial charge in [0.25, 0.3) is 0 Å².